The van der Waals surface area contributed by atoms with E-state index < -0.39 is 24.0 Å². The summed E-state index contributed by atoms with van der Waals surface area (Å²) in [6, 6.07) is 4.13. The summed E-state index contributed by atoms with van der Waals surface area (Å²) < 4.78 is 33.6. The molecule has 1 fully saturated rings. The fourth-order valence-corrected chi connectivity index (χ4v) is 3.33. The van der Waals surface area contributed by atoms with Gasteiger partial charge in [0.2, 0.25) is 11.9 Å². The number of carbonyl (C=O) groups is 2. The van der Waals surface area contributed by atoms with Gasteiger partial charge in [-0.2, -0.15) is 4.39 Å². The van der Waals surface area contributed by atoms with Crippen LogP contribution in [0.25, 0.3) is 11.4 Å². The molecule has 0 bridgehead atoms. The van der Waals surface area contributed by atoms with Gasteiger partial charge in [-0.15, -0.1) is 16.7 Å². The number of hydrogen-bond donors (Lipinski definition) is 2. The van der Waals surface area contributed by atoms with Gasteiger partial charge in [-0.3, -0.25) is 15.1 Å². The monoisotopic (exact) mass is 477 g/mol. The number of pyridine rings is 2. The molecule has 1 aliphatic carbocycles. The highest BCUT2D eigenvalue weighted by atomic mass is 35.5. The molecule has 1 aliphatic rings. The maximum absolute atomic E-state index is 13.8. The van der Waals surface area contributed by atoms with Crippen molar-refractivity contribution in [2.24, 2.45) is 13.0 Å². The first kappa shape index (κ1) is 22.5. The first-order valence-electron chi connectivity index (χ1n) is 9.82. The molecule has 2 N–H and O–H groups in total. The zero-order valence-electron chi connectivity index (χ0n) is 17.4. The van der Waals surface area contributed by atoms with Crippen LogP contribution in [0, 0.1) is 17.7 Å². The van der Waals surface area contributed by atoms with Crippen molar-refractivity contribution in [3.8, 4) is 11.4 Å². The average molecular weight is 478 g/mol. The van der Waals surface area contributed by atoms with E-state index in [-0.39, 0.29) is 34.3 Å². The lowest BCUT2D eigenvalue weighted by atomic mass is 10.2. The molecule has 3 aromatic heterocycles. The topological polar surface area (TPSA) is 124 Å². The van der Waals surface area contributed by atoms with Gasteiger partial charge in [0, 0.05) is 12.4 Å². The molecule has 1 saturated carbocycles. The van der Waals surface area contributed by atoms with Gasteiger partial charge >= 0.3 is 6.09 Å². The largest absolute Gasteiger partial charge is 0.441 e. The van der Waals surface area contributed by atoms with Gasteiger partial charge in [-0.05, 0) is 31.5 Å². The van der Waals surface area contributed by atoms with Crippen LogP contribution in [-0.4, -0.2) is 42.3 Å². The molecule has 0 radical (unpaired) electrons. The molecule has 4 rings (SSSR count). The second kappa shape index (κ2) is 9.06. The third-order valence-corrected chi connectivity index (χ3v) is 5.41. The van der Waals surface area contributed by atoms with Gasteiger partial charge in [0.15, 0.2) is 11.5 Å². The average Bonchev–Trinajstić information content (AvgIpc) is 3.41. The molecule has 172 valence electrons. The van der Waals surface area contributed by atoms with Crippen molar-refractivity contribution >= 4 is 35.1 Å². The molecule has 0 saturated heterocycles. The second-order valence-corrected chi connectivity index (χ2v) is 7.96. The van der Waals surface area contributed by atoms with Gasteiger partial charge < -0.3 is 10.1 Å². The van der Waals surface area contributed by atoms with E-state index in [0.717, 1.165) is 12.3 Å². The van der Waals surface area contributed by atoms with Crippen molar-refractivity contribution in [1.29, 1.82) is 0 Å². The van der Waals surface area contributed by atoms with Crippen molar-refractivity contribution < 1.29 is 23.1 Å². The molecule has 0 unspecified atom stereocenters. The maximum Gasteiger partial charge on any atom is 0.413 e. The highest BCUT2D eigenvalue weighted by Gasteiger charge is 2.41. The van der Waals surface area contributed by atoms with Gasteiger partial charge in [0.25, 0.3) is 0 Å². The lowest BCUT2D eigenvalue weighted by Gasteiger charge is -2.15. The Hall–Kier alpha value is -3.67. The van der Waals surface area contributed by atoms with Gasteiger partial charge in [-0.1, -0.05) is 5.21 Å². The molecule has 3 aromatic rings. The molecule has 0 spiro atoms. The van der Waals surface area contributed by atoms with Crippen LogP contribution in [-0.2, 0) is 16.6 Å². The van der Waals surface area contributed by atoms with E-state index in [4.69, 9.17) is 16.3 Å². The summed E-state index contributed by atoms with van der Waals surface area (Å²) in [5.74, 6) is -1.91. The summed E-state index contributed by atoms with van der Waals surface area (Å²) in [6.07, 6.45) is 0.755. The van der Waals surface area contributed by atoms with Gasteiger partial charge in [-0.25, -0.2) is 18.9 Å². The number of halogens is 3. The van der Waals surface area contributed by atoms with Crippen LogP contribution >= 0.6 is 11.6 Å². The number of carbonyl (C=O) groups excluding carboxylic acids is 2. The number of nitrogens with zero attached hydrogens (tertiary/aromatic N) is 5. The van der Waals surface area contributed by atoms with Gasteiger partial charge in [0.1, 0.15) is 11.9 Å². The Morgan fingerprint density at radius 2 is 2.00 bits per heavy atom. The molecule has 2 amide bonds. The van der Waals surface area contributed by atoms with E-state index in [2.05, 4.69) is 30.9 Å². The summed E-state index contributed by atoms with van der Waals surface area (Å²) in [5, 5.41) is 12.9. The maximum atomic E-state index is 13.8. The molecular formula is C20H18ClF2N7O3. The number of rotatable bonds is 6. The molecule has 0 aromatic carbocycles. The Morgan fingerprint density at radius 3 is 2.67 bits per heavy atom. The quantitative estimate of drug-likeness (QED) is 0.411. The fourth-order valence-electron chi connectivity index (χ4n) is 3.02. The molecule has 0 aliphatic heterocycles. The minimum absolute atomic E-state index is 0.137. The van der Waals surface area contributed by atoms with E-state index in [0.29, 0.717) is 17.8 Å². The minimum atomic E-state index is -1.11. The molecule has 10 nitrogen and oxygen atoms in total. The van der Waals surface area contributed by atoms with E-state index >= 15 is 0 Å². The lowest BCUT2D eigenvalue weighted by molar-refractivity contribution is -0.117. The number of amides is 2. The van der Waals surface area contributed by atoms with Crippen LogP contribution in [0.2, 0.25) is 0 Å². The van der Waals surface area contributed by atoms with E-state index in [1.54, 1.807) is 19.2 Å². The third kappa shape index (κ3) is 5.06. The Balaban J connectivity index is 1.44. The van der Waals surface area contributed by atoms with Crippen molar-refractivity contribution in [3.05, 3.63) is 47.9 Å². The third-order valence-electron chi connectivity index (χ3n) is 4.92. The number of aromatic nitrogens is 5. The first-order chi connectivity index (χ1) is 15.7. The summed E-state index contributed by atoms with van der Waals surface area (Å²) in [6.45, 7) is 1.38. The van der Waals surface area contributed by atoms with E-state index in [1.165, 1.54) is 17.8 Å². The Kier molecular flexibility index (Phi) is 6.18. The van der Waals surface area contributed by atoms with Crippen molar-refractivity contribution in [1.82, 2.24) is 25.0 Å². The number of anilines is 2. The summed E-state index contributed by atoms with van der Waals surface area (Å²) >= 11 is 5.88. The smallest absolute Gasteiger partial charge is 0.413 e. The second-order valence-electron chi connectivity index (χ2n) is 7.40. The van der Waals surface area contributed by atoms with Crippen molar-refractivity contribution in [2.75, 3.05) is 10.6 Å². The number of hydrogen-bond acceptors (Lipinski definition) is 7. The van der Waals surface area contributed by atoms with E-state index in [1.807, 2.05) is 0 Å². The molecule has 3 heterocycles. The Labute approximate surface area is 191 Å². The Bertz CT molecular complexity index is 1200. The van der Waals surface area contributed by atoms with Crippen LogP contribution in [0.15, 0.2) is 30.6 Å². The van der Waals surface area contributed by atoms with Crippen LogP contribution < -0.4 is 10.6 Å². The fraction of sp³-hybridized carbons (Fsp3) is 0.300. The summed E-state index contributed by atoms with van der Waals surface area (Å²) in [4.78, 5) is 31.9. The van der Waals surface area contributed by atoms with Crippen LogP contribution in [0.1, 0.15) is 25.0 Å². The van der Waals surface area contributed by atoms with Gasteiger partial charge in [0.05, 0.1) is 35.3 Å². The number of aryl methyl sites for hydroxylation is 1. The predicted octanol–water partition coefficient (Wildman–Crippen LogP) is 3.43. The predicted molar refractivity (Wildman–Crippen MR) is 113 cm³/mol. The van der Waals surface area contributed by atoms with E-state index in [9.17, 15) is 18.4 Å². The van der Waals surface area contributed by atoms with Crippen molar-refractivity contribution in [3.63, 3.8) is 0 Å². The summed E-state index contributed by atoms with van der Waals surface area (Å²) in [7, 11) is 1.54. The lowest BCUT2D eigenvalue weighted by Crippen LogP contribution is -2.19. The minimum Gasteiger partial charge on any atom is -0.441 e. The standard InChI is InChI=1S/C20H18ClF2N7O3/c1-9(12-5-10(22)7-25-17(12)23)33-20(32)27-18-16(28-29-30(18)2)15-4-3-11(8-24-15)26-19(31)13-6-14(13)21/h3-5,7-9,13-14H,6H2,1-2H3,(H,26,31)(H,27,32)/t9-,13-,14-/m1/s1. The Morgan fingerprint density at radius 1 is 1.24 bits per heavy atom. The molecule has 3 atom stereocenters. The van der Waals surface area contributed by atoms with Crippen LogP contribution in [0.4, 0.5) is 25.1 Å². The normalized spacial score (nSPS) is 17.8. The first-order valence-corrected chi connectivity index (χ1v) is 10.3. The van der Waals surface area contributed by atoms with Crippen LogP contribution in [0.3, 0.4) is 0 Å². The number of nitrogens with one attached hydrogen (secondary N) is 2. The van der Waals surface area contributed by atoms with Crippen LogP contribution in [0.5, 0.6) is 0 Å². The zero-order valence-corrected chi connectivity index (χ0v) is 18.2. The van der Waals surface area contributed by atoms with Crippen molar-refractivity contribution in [2.45, 2.75) is 24.8 Å². The molecular weight excluding hydrogens is 460 g/mol. The highest BCUT2D eigenvalue weighted by Crippen LogP contribution is 2.37. The molecule has 33 heavy (non-hydrogen) atoms. The highest BCUT2D eigenvalue weighted by molar-refractivity contribution is 6.25. The zero-order chi connectivity index (χ0) is 23.7. The SMILES string of the molecule is C[C@@H](OC(=O)Nc1c(-c2ccc(NC(=O)[C@@H]3C[C@H]3Cl)cn2)nnn1C)c1cc(F)cnc1F. The number of alkyl halides is 1. The summed E-state index contributed by atoms with van der Waals surface area (Å²) in [5.41, 5.74) is 0.879. The molecule has 13 heteroatoms. The number of ether oxygens (including phenoxy) is 1.